The predicted molar refractivity (Wildman–Crippen MR) is 107 cm³/mol. The van der Waals surface area contributed by atoms with Crippen LogP contribution in [0.1, 0.15) is 34.6 Å². The fraction of sp³-hybridized carbons (Fsp3) is 0.250. The molecule has 0 N–H and O–H groups in total. The third kappa shape index (κ3) is 4.74. The van der Waals surface area contributed by atoms with E-state index in [2.05, 4.69) is 67.6 Å². The number of hydrogen-bond acceptors (Lipinski definition) is 2. The summed E-state index contributed by atoms with van der Waals surface area (Å²) in [5.41, 5.74) is 4.93. The Morgan fingerprint density at radius 2 is 1.54 bits per heavy atom. The Morgan fingerprint density at radius 3 is 2.23 bits per heavy atom. The van der Waals surface area contributed by atoms with Crippen LogP contribution in [0, 0.1) is 6.92 Å². The lowest BCUT2D eigenvalue weighted by Crippen LogP contribution is -2.08. The van der Waals surface area contributed by atoms with Gasteiger partial charge in [-0.2, -0.15) is 0 Å². The van der Waals surface area contributed by atoms with Gasteiger partial charge in [0.2, 0.25) is 0 Å². The molecule has 1 unspecified atom stereocenters. The van der Waals surface area contributed by atoms with E-state index in [9.17, 15) is 0 Å². The van der Waals surface area contributed by atoms with Crippen molar-refractivity contribution < 1.29 is 9.47 Å². The first kappa shape index (κ1) is 18.2. The van der Waals surface area contributed by atoms with Crippen molar-refractivity contribution in [1.82, 2.24) is 0 Å². The fourth-order valence-corrected chi connectivity index (χ4v) is 3.23. The fourth-order valence-electron chi connectivity index (χ4n) is 3.23. The molecular formula is C24H26O2. The SMILES string of the molecule is COCCC(c1ccccc1)c1cc(C)ccc1OCc1ccccc1. The lowest BCUT2D eigenvalue weighted by molar-refractivity contribution is 0.190. The molecule has 3 rings (SSSR count). The molecule has 0 amide bonds. The average Bonchev–Trinajstić information content (AvgIpc) is 2.69. The highest BCUT2D eigenvalue weighted by atomic mass is 16.5. The van der Waals surface area contributed by atoms with E-state index in [4.69, 9.17) is 9.47 Å². The molecule has 0 spiro atoms. The minimum Gasteiger partial charge on any atom is -0.489 e. The molecule has 0 radical (unpaired) electrons. The van der Waals surface area contributed by atoms with E-state index in [-0.39, 0.29) is 5.92 Å². The van der Waals surface area contributed by atoms with Gasteiger partial charge in [0.1, 0.15) is 12.4 Å². The van der Waals surface area contributed by atoms with Crippen LogP contribution in [0.5, 0.6) is 5.75 Å². The Labute approximate surface area is 156 Å². The molecule has 26 heavy (non-hydrogen) atoms. The van der Waals surface area contributed by atoms with Crippen LogP contribution in [0.2, 0.25) is 0 Å². The molecule has 0 saturated heterocycles. The zero-order chi connectivity index (χ0) is 18.2. The summed E-state index contributed by atoms with van der Waals surface area (Å²) in [6.45, 7) is 3.41. The summed E-state index contributed by atoms with van der Waals surface area (Å²) in [6.07, 6.45) is 0.922. The zero-order valence-electron chi connectivity index (χ0n) is 15.5. The van der Waals surface area contributed by atoms with Gasteiger partial charge in [-0.25, -0.2) is 0 Å². The molecule has 0 heterocycles. The number of benzene rings is 3. The minimum absolute atomic E-state index is 0.252. The van der Waals surface area contributed by atoms with Crippen LogP contribution >= 0.6 is 0 Å². The molecular weight excluding hydrogens is 320 g/mol. The highest BCUT2D eigenvalue weighted by Gasteiger charge is 2.19. The topological polar surface area (TPSA) is 18.5 Å². The molecule has 1 atom stereocenters. The second-order valence-electron chi connectivity index (χ2n) is 6.56. The Morgan fingerprint density at radius 1 is 0.846 bits per heavy atom. The first-order chi connectivity index (χ1) is 12.8. The number of aryl methyl sites for hydroxylation is 1. The third-order valence-corrected chi connectivity index (χ3v) is 4.59. The van der Waals surface area contributed by atoms with Crippen molar-refractivity contribution in [3.8, 4) is 5.75 Å². The number of methoxy groups -OCH3 is 1. The van der Waals surface area contributed by atoms with Crippen LogP contribution in [-0.2, 0) is 11.3 Å². The molecule has 134 valence electrons. The second kappa shape index (κ2) is 9.21. The third-order valence-electron chi connectivity index (χ3n) is 4.59. The van der Waals surface area contributed by atoms with Crippen molar-refractivity contribution in [1.29, 1.82) is 0 Å². The van der Waals surface area contributed by atoms with Gasteiger partial charge in [-0.15, -0.1) is 0 Å². The van der Waals surface area contributed by atoms with Crippen LogP contribution in [-0.4, -0.2) is 13.7 Å². The van der Waals surface area contributed by atoms with Gasteiger partial charge in [0.25, 0.3) is 0 Å². The molecule has 2 nitrogen and oxygen atoms in total. The first-order valence-electron chi connectivity index (χ1n) is 9.09. The summed E-state index contributed by atoms with van der Waals surface area (Å²) in [5, 5.41) is 0. The van der Waals surface area contributed by atoms with Gasteiger partial charge in [0.05, 0.1) is 0 Å². The van der Waals surface area contributed by atoms with Gasteiger partial charge in [0.15, 0.2) is 0 Å². The summed E-state index contributed by atoms with van der Waals surface area (Å²) in [6, 6.07) is 27.3. The minimum atomic E-state index is 0.252. The summed E-state index contributed by atoms with van der Waals surface area (Å²) < 4.78 is 11.6. The first-order valence-corrected chi connectivity index (χ1v) is 9.09. The smallest absolute Gasteiger partial charge is 0.123 e. The maximum atomic E-state index is 6.22. The van der Waals surface area contributed by atoms with Gasteiger partial charge in [0, 0.05) is 25.2 Å². The van der Waals surface area contributed by atoms with Crippen molar-refractivity contribution in [3.05, 3.63) is 101 Å². The quantitative estimate of drug-likeness (QED) is 0.517. The van der Waals surface area contributed by atoms with E-state index >= 15 is 0 Å². The van der Waals surface area contributed by atoms with E-state index in [1.807, 2.05) is 18.2 Å². The second-order valence-corrected chi connectivity index (χ2v) is 6.56. The molecule has 0 fully saturated rings. The van der Waals surface area contributed by atoms with Gasteiger partial charge in [-0.1, -0.05) is 78.4 Å². The van der Waals surface area contributed by atoms with Gasteiger partial charge in [-0.05, 0) is 30.5 Å². The van der Waals surface area contributed by atoms with Gasteiger partial charge >= 0.3 is 0 Å². The molecule has 3 aromatic rings. The summed E-state index contributed by atoms with van der Waals surface area (Å²) in [4.78, 5) is 0. The van der Waals surface area contributed by atoms with Crippen LogP contribution in [0.15, 0.2) is 78.9 Å². The summed E-state index contributed by atoms with van der Waals surface area (Å²) in [5.74, 6) is 1.20. The highest BCUT2D eigenvalue weighted by molar-refractivity contribution is 5.44. The lowest BCUT2D eigenvalue weighted by Gasteiger charge is -2.22. The van der Waals surface area contributed by atoms with Gasteiger partial charge < -0.3 is 9.47 Å². The normalized spacial score (nSPS) is 11.9. The molecule has 0 aliphatic carbocycles. The standard InChI is InChI=1S/C24H26O2/c1-19-13-14-24(26-18-20-9-5-3-6-10-20)23(17-19)22(15-16-25-2)21-11-7-4-8-12-21/h3-14,17,22H,15-16,18H2,1-2H3. The van der Waals surface area contributed by atoms with Crippen LogP contribution in [0.4, 0.5) is 0 Å². The Bertz CT molecular complexity index is 797. The van der Waals surface area contributed by atoms with Crippen molar-refractivity contribution in [2.75, 3.05) is 13.7 Å². The van der Waals surface area contributed by atoms with Crippen molar-refractivity contribution in [2.45, 2.75) is 25.9 Å². The highest BCUT2D eigenvalue weighted by Crippen LogP contribution is 2.35. The van der Waals surface area contributed by atoms with E-state index in [0.29, 0.717) is 13.2 Å². The van der Waals surface area contributed by atoms with Gasteiger partial charge in [-0.3, -0.25) is 0 Å². The molecule has 0 aromatic heterocycles. The van der Waals surface area contributed by atoms with E-state index in [0.717, 1.165) is 12.2 Å². The Kier molecular flexibility index (Phi) is 6.45. The average molecular weight is 346 g/mol. The molecule has 0 bridgehead atoms. The monoisotopic (exact) mass is 346 g/mol. The maximum absolute atomic E-state index is 6.22. The molecule has 0 aliphatic heterocycles. The zero-order valence-corrected chi connectivity index (χ0v) is 15.5. The molecule has 0 aliphatic rings. The van der Waals surface area contributed by atoms with Crippen LogP contribution in [0.25, 0.3) is 0 Å². The van der Waals surface area contributed by atoms with E-state index in [1.165, 1.54) is 22.3 Å². The maximum Gasteiger partial charge on any atom is 0.123 e. The van der Waals surface area contributed by atoms with E-state index in [1.54, 1.807) is 7.11 Å². The Balaban J connectivity index is 1.91. The molecule has 3 aromatic carbocycles. The largest absolute Gasteiger partial charge is 0.489 e. The van der Waals surface area contributed by atoms with Crippen LogP contribution in [0.3, 0.4) is 0 Å². The lowest BCUT2D eigenvalue weighted by atomic mass is 9.87. The van der Waals surface area contributed by atoms with Crippen molar-refractivity contribution >= 4 is 0 Å². The number of rotatable bonds is 8. The predicted octanol–water partition coefficient (Wildman–Crippen LogP) is 5.74. The summed E-state index contributed by atoms with van der Waals surface area (Å²) in [7, 11) is 1.76. The van der Waals surface area contributed by atoms with Crippen molar-refractivity contribution in [3.63, 3.8) is 0 Å². The molecule has 0 saturated carbocycles. The summed E-state index contributed by atoms with van der Waals surface area (Å²) >= 11 is 0. The number of hydrogen-bond donors (Lipinski definition) is 0. The number of ether oxygens (including phenoxy) is 2. The van der Waals surface area contributed by atoms with E-state index < -0.39 is 0 Å². The van der Waals surface area contributed by atoms with Crippen LogP contribution < -0.4 is 4.74 Å². The molecule has 2 heteroatoms. The van der Waals surface area contributed by atoms with Crippen molar-refractivity contribution in [2.24, 2.45) is 0 Å². The Hall–Kier alpha value is -2.58.